The molecule has 0 saturated heterocycles. The molecule has 1 aliphatic rings. The third-order valence-electron chi connectivity index (χ3n) is 6.52. The molecular weight excluding hydrogens is 431 g/mol. The lowest BCUT2D eigenvalue weighted by atomic mass is 9.90. The standard InChI is InChI=1S/C25H29FN8/c1-33(2)19-8-6-18(7-9-19)29-15-17-11-14-34-23(17)25(30-21-10-13-27-16-20(21)26)31-24(32-34)22-5-3-4-12-28-22/h3-5,10-14,16,18-19,29H,6-9,15H2,1-2H3,(H,27,30,31,32). The smallest absolute Gasteiger partial charge is 0.200 e. The summed E-state index contributed by atoms with van der Waals surface area (Å²) in [4.78, 5) is 15.3. The van der Waals surface area contributed by atoms with E-state index in [2.05, 4.69) is 44.7 Å². The zero-order valence-electron chi connectivity index (χ0n) is 19.4. The van der Waals surface area contributed by atoms with Crippen LogP contribution in [0.1, 0.15) is 31.2 Å². The minimum atomic E-state index is -0.442. The normalized spacial score (nSPS) is 18.5. The molecule has 0 radical (unpaired) electrons. The molecule has 4 heterocycles. The predicted octanol–water partition coefficient (Wildman–Crippen LogP) is 4.03. The molecule has 0 spiro atoms. The second-order valence-corrected chi connectivity index (χ2v) is 8.96. The van der Waals surface area contributed by atoms with Gasteiger partial charge >= 0.3 is 0 Å². The molecule has 34 heavy (non-hydrogen) atoms. The highest BCUT2D eigenvalue weighted by Gasteiger charge is 2.23. The first kappa shape index (κ1) is 22.4. The van der Waals surface area contributed by atoms with E-state index in [0.717, 1.165) is 23.9 Å². The summed E-state index contributed by atoms with van der Waals surface area (Å²) in [5.41, 5.74) is 2.82. The van der Waals surface area contributed by atoms with Gasteiger partial charge in [-0.05, 0) is 69.6 Å². The molecule has 176 valence electrons. The van der Waals surface area contributed by atoms with Gasteiger partial charge < -0.3 is 15.5 Å². The van der Waals surface area contributed by atoms with Gasteiger partial charge in [0.1, 0.15) is 11.2 Å². The Morgan fingerprint density at radius 2 is 1.94 bits per heavy atom. The molecule has 8 nitrogen and oxygen atoms in total. The van der Waals surface area contributed by atoms with Gasteiger partial charge in [-0.1, -0.05) is 6.07 Å². The van der Waals surface area contributed by atoms with Crippen LogP contribution in [-0.4, -0.2) is 55.6 Å². The average Bonchev–Trinajstić information content (AvgIpc) is 3.28. The Bertz CT molecular complexity index is 1250. The van der Waals surface area contributed by atoms with Crippen LogP contribution >= 0.6 is 0 Å². The zero-order chi connectivity index (χ0) is 23.5. The Labute approximate surface area is 198 Å². The number of rotatable bonds is 7. The Kier molecular flexibility index (Phi) is 6.46. The van der Waals surface area contributed by atoms with E-state index in [1.807, 2.05) is 30.5 Å². The maximum atomic E-state index is 14.4. The summed E-state index contributed by atoms with van der Waals surface area (Å²) in [5.74, 6) is 0.545. The molecule has 0 aromatic carbocycles. The number of aromatic nitrogens is 5. The van der Waals surface area contributed by atoms with Crippen LogP contribution in [0.2, 0.25) is 0 Å². The molecule has 4 aromatic heterocycles. The highest BCUT2D eigenvalue weighted by Crippen LogP contribution is 2.28. The van der Waals surface area contributed by atoms with E-state index >= 15 is 0 Å². The van der Waals surface area contributed by atoms with Gasteiger partial charge in [0.05, 0.1) is 11.9 Å². The Morgan fingerprint density at radius 3 is 2.68 bits per heavy atom. The molecule has 1 aliphatic carbocycles. The van der Waals surface area contributed by atoms with Crippen LogP contribution in [0.3, 0.4) is 0 Å². The molecule has 5 rings (SSSR count). The van der Waals surface area contributed by atoms with E-state index in [1.54, 1.807) is 23.0 Å². The van der Waals surface area contributed by atoms with E-state index in [4.69, 9.17) is 4.98 Å². The van der Waals surface area contributed by atoms with E-state index in [9.17, 15) is 4.39 Å². The molecule has 0 unspecified atom stereocenters. The maximum Gasteiger partial charge on any atom is 0.200 e. The van der Waals surface area contributed by atoms with Crippen LogP contribution in [0.15, 0.2) is 55.1 Å². The Balaban J connectivity index is 1.44. The fourth-order valence-electron chi connectivity index (χ4n) is 4.58. The van der Waals surface area contributed by atoms with Gasteiger partial charge in [0, 0.05) is 37.2 Å². The van der Waals surface area contributed by atoms with Gasteiger partial charge in [0.15, 0.2) is 11.6 Å². The number of fused-ring (bicyclic) bond motifs is 1. The maximum absolute atomic E-state index is 14.4. The molecule has 1 saturated carbocycles. The van der Waals surface area contributed by atoms with Crippen LogP contribution in [0.25, 0.3) is 17.0 Å². The van der Waals surface area contributed by atoms with E-state index < -0.39 is 5.82 Å². The number of hydrogen-bond donors (Lipinski definition) is 2. The fraction of sp³-hybridized carbons (Fsp3) is 0.360. The molecule has 0 atom stereocenters. The van der Waals surface area contributed by atoms with Gasteiger partial charge in [-0.3, -0.25) is 9.97 Å². The summed E-state index contributed by atoms with van der Waals surface area (Å²) < 4.78 is 16.2. The van der Waals surface area contributed by atoms with Gasteiger partial charge in [0.25, 0.3) is 0 Å². The fourth-order valence-corrected chi connectivity index (χ4v) is 4.58. The van der Waals surface area contributed by atoms with Crippen LogP contribution < -0.4 is 10.6 Å². The second kappa shape index (κ2) is 9.82. The van der Waals surface area contributed by atoms with Gasteiger partial charge in [0.2, 0.25) is 5.82 Å². The number of halogens is 1. The van der Waals surface area contributed by atoms with Crippen molar-refractivity contribution < 1.29 is 4.39 Å². The first-order valence-electron chi connectivity index (χ1n) is 11.6. The van der Waals surface area contributed by atoms with Crippen molar-refractivity contribution in [3.63, 3.8) is 0 Å². The molecular formula is C25H29FN8. The summed E-state index contributed by atoms with van der Waals surface area (Å²) >= 11 is 0. The summed E-state index contributed by atoms with van der Waals surface area (Å²) in [6, 6.07) is 10.4. The largest absolute Gasteiger partial charge is 0.336 e. The molecule has 9 heteroatoms. The van der Waals surface area contributed by atoms with Crippen molar-refractivity contribution in [1.29, 1.82) is 0 Å². The van der Waals surface area contributed by atoms with Crippen molar-refractivity contribution in [2.45, 2.75) is 44.3 Å². The van der Waals surface area contributed by atoms with Gasteiger partial charge in [-0.15, -0.1) is 5.10 Å². The Hall–Kier alpha value is -3.43. The van der Waals surface area contributed by atoms with Crippen LogP contribution in [0.5, 0.6) is 0 Å². The minimum absolute atomic E-state index is 0.310. The van der Waals surface area contributed by atoms with Crippen molar-refractivity contribution in [2.75, 3.05) is 19.4 Å². The van der Waals surface area contributed by atoms with E-state index in [1.165, 1.54) is 19.0 Å². The third-order valence-corrected chi connectivity index (χ3v) is 6.52. The summed E-state index contributed by atoms with van der Waals surface area (Å²) in [6.07, 6.45) is 11.1. The number of pyridine rings is 2. The van der Waals surface area contributed by atoms with Crippen molar-refractivity contribution in [3.05, 3.63) is 66.5 Å². The van der Waals surface area contributed by atoms with Crippen LogP contribution in [0.4, 0.5) is 15.9 Å². The van der Waals surface area contributed by atoms with E-state index in [-0.39, 0.29) is 0 Å². The van der Waals surface area contributed by atoms with Crippen molar-refractivity contribution in [1.82, 2.24) is 34.8 Å². The molecule has 1 fully saturated rings. The first-order chi connectivity index (χ1) is 16.6. The lowest BCUT2D eigenvalue weighted by Crippen LogP contribution is -2.39. The monoisotopic (exact) mass is 460 g/mol. The van der Waals surface area contributed by atoms with Gasteiger partial charge in [-0.2, -0.15) is 0 Å². The average molecular weight is 461 g/mol. The van der Waals surface area contributed by atoms with Crippen LogP contribution in [0, 0.1) is 5.82 Å². The van der Waals surface area contributed by atoms with Crippen LogP contribution in [-0.2, 0) is 6.54 Å². The number of nitrogens with zero attached hydrogens (tertiary/aromatic N) is 6. The third kappa shape index (κ3) is 4.76. The highest BCUT2D eigenvalue weighted by molar-refractivity contribution is 5.78. The first-order valence-corrected chi connectivity index (χ1v) is 11.6. The predicted molar refractivity (Wildman–Crippen MR) is 130 cm³/mol. The highest BCUT2D eigenvalue weighted by atomic mass is 19.1. The number of hydrogen-bond acceptors (Lipinski definition) is 7. The molecule has 0 aliphatic heterocycles. The topological polar surface area (TPSA) is 83.3 Å². The van der Waals surface area contributed by atoms with Crippen molar-refractivity contribution in [3.8, 4) is 11.5 Å². The second-order valence-electron chi connectivity index (χ2n) is 8.96. The van der Waals surface area contributed by atoms with Gasteiger partial charge in [-0.25, -0.2) is 13.9 Å². The summed E-state index contributed by atoms with van der Waals surface area (Å²) in [7, 11) is 4.32. The van der Waals surface area contributed by atoms with Crippen molar-refractivity contribution >= 4 is 17.0 Å². The number of anilines is 2. The molecule has 0 amide bonds. The van der Waals surface area contributed by atoms with Crippen molar-refractivity contribution in [2.24, 2.45) is 0 Å². The number of nitrogens with one attached hydrogen (secondary N) is 2. The molecule has 4 aromatic rings. The minimum Gasteiger partial charge on any atom is -0.336 e. The molecule has 0 bridgehead atoms. The van der Waals surface area contributed by atoms with E-state index in [0.29, 0.717) is 41.7 Å². The summed E-state index contributed by atoms with van der Waals surface area (Å²) in [6.45, 7) is 0.688. The SMILES string of the molecule is CN(C)C1CCC(NCc2ccn3nc(-c4ccccn4)nc(Nc4ccncc4F)c23)CC1. The zero-order valence-corrected chi connectivity index (χ0v) is 19.4. The molecule has 2 N–H and O–H groups in total. The lowest BCUT2D eigenvalue weighted by Gasteiger charge is -2.33. The lowest BCUT2D eigenvalue weighted by molar-refractivity contribution is 0.204. The quantitative estimate of drug-likeness (QED) is 0.431. The Morgan fingerprint density at radius 1 is 1.09 bits per heavy atom. The summed E-state index contributed by atoms with van der Waals surface area (Å²) in [5, 5.41) is 11.6.